The van der Waals surface area contributed by atoms with Crippen LogP contribution in [-0.2, 0) is 0 Å². The highest BCUT2D eigenvalue weighted by atomic mass is 35.5. The summed E-state index contributed by atoms with van der Waals surface area (Å²) >= 11 is 6.11. The summed E-state index contributed by atoms with van der Waals surface area (Å²) in [5, 5.41) is 12.9. The normalized spacial score (nSPS) is 10.8. The van der Waals surface area contributed by atoms with E-state index in [0.717, 1.165) is 27.6 Å². The molecule has 3 aromatic carbocycles. The fourth-order valence-corrected chi connectivity index (χ4v) is 3.13. The minimum atomic E-state index is -0.255. The molecule has 0 fully saturated rings. The summed E-state index contributed by atoms with van der Waals surface area (Å²) in [5.74, 6) is -0.255. The lowest BCUT2D eigenvalue weighted by atomic mass is 10.0. The number of hydrogen-bond donors (Lipinski definition) is 2. The van der Waals surface area contributed by atoms with Gasteiger partial charge in [0.15, 0.2) is 0 Å². The van der Waals surface area contributed by atoms with Crippen LogP contribution >= 0.6 is 11.6 Å². The molecule has 1 heterocycles. The molecule has 4 rings (SSSR count). The highest BCUT2D eigenvalue weighted by Gasteiger charge is 2.14. The maximum atomic E-state index is 12.6. The SMILES string of the molecule is Cc1c(Cl)cccc1NC(=O)c1cc(-c2cccc3ccccc23)n[nH]1. The Morgan fingerprint density at radius 3 is 2.69 bits per heavy atom. The van der Waals surface area contributed by atoms with Gasteiger partial charge in [0, 0.05) is 16.3 Å². The minimum Gasteiger partial charge on any atom is -0.320 e. The number of aromatic amines is 1. The molecule has 0 aliphatic heterocycles. The summed E-state index contributed by atoms with van der Waals surface area (Å²) in [6, 6.07) is 21.3. The van der Waals surface area contributed by atoms with Crippen LogP contribution < -0.4 is 5.32 Å². The number of amides is 1. The smallest absolute Gasteiger partial charge is 0.273 e. The largest absolute Gasteiger partial charge is 0.320 e. The summed E-state index contributed by atoms with van der Waals surface area (Å²) < 4.78 is 0. The molecule has 0 saturated carbocycles. The summed E-state index contributed by atoms with van der Waals surface area (Å²) in [6.45, 7) is 1.87. The molecule has 0 aliphatic rings. The molecular formula is C21H16ClN3O. The number of H-pyrrole nitrogens is 1. The van der Waals surface area contributed by atoms with Crippen LogP contribution in [0, 0.1) is 6.92 Å². The number of anilines is 1. The molecule has 26 heavy (non-hydrogen) atoms. The molecule has 1 aromatic heterocycles. The van der Waals surface area contributed by atoms with Crippen molar-refractivity contribution < 1.29 is 4.79 Å². The summed E-state index contributed by atoms with van der Waals surface area (Å²) in [5.41, 5.74) is 3.62. The Labute approximate surface area is 155 Å². The first kappa shape index (κ1) is 16.4. The predicted molar refractivity (Wildman–Crippen MR) is 106 cm³/mol. The molecule has 1 amide bonds. The maximum absolute atomic E-state index is 12.6. The lowest BCUT2D eigenvalue weighted by molar-refractivity contribution is 0.102. The van der Waals surface area contributed by atoms with E-state index in [1.807, 2.05) is 37.3 Å². The topological polar surface area (TPSA) is 57.8 Å². The lowest BCUT2D eigenvalue weighted by Gasteiger charge is -2.08. The molecule has 0 atom stereocenters. The van der Waals surface area contributed by atoms with Gasteiger partial charge in [-0.2, -0.15) is 5.10 Å². The van der Waals surface area contributed by atoms with Gasteiger partial charge in [-0.15, -0.1) is 0 Å². The summed E-state index contributed by atoms with van der Waals surface area (Å²) in [6.07, 6.45) is 0. The van der Waals surface area contributed by atoms with Crippen LogP contribution in [-0.4, -0.2) is 16.1 Å². The highest BCUT2D eigenvalue weighted by Crippen LogP contribution is 2.28. The van der Waals surface area contributed by atoms with E-state index in [4.69, 9.17) is 11.6 Å². The molecule has 0 spiro atoms. The van der Waals surface area contributed by atoms with Crippen LogP contribution in [0.3, 0.4) is 0 Å². The van der Waals surface area contributed by atoms with Crippen LogP contribution in [0.25, 0.3) is 22.0 Å². The number of carbonyl (C=O) groups excluding carboxylic acids is 1. The Hall–Kier alpha value is -3.11. The van der Waals surface area contributed by atoms with Crippen molar-refractivity contribution >= 4 is 34.0 Å². The quantitative estimate of drug-likeness (QED) is 0.510. The number of nitrogens with one attached hydrogen (secondary N) is 2. The van der Waals surface area contributed by atoms with Crippen molar-refractivity contribution in [1.29, 1.82) is 0 Å². The van der Waals surface area contributed by atoms with E-state index in [2.05, 4.69) is 33.7 Å². The van der Waals surface area contributed by atoms with Crippen LogP contribution in [0.15, 0.2) is 66.7 Å². The van der Waals surface area contributed by atoms with E-state index < -0.39 is 0 Å². The van der Waals surface area contributed by atoms with Crippen molar-refractivity contribution in [2.45, 2.75) is 6.92 Å². The van der Waals surface area contributed by atoms with Gasteiger partial charge >= 0.3 is 0 Å². The van der Waals surface area contributed by atoms with Gasteiger partial charge in [-0.1, -0.05) is 60.1 Å². The molecule has 5 heteroatoms. The predicted octanol–water partition coefficient (Wildman–Crippen LogP) is 5.44. The van der Waals surface area contributed by atoms with Crippen molar-refractivity contribution in [1.82, 2.24) is 10.2 Å². The Balaban J connectivity index is 1.65. The average Bonchev–Trinajstić information content (AvgIpc) is 3.15. The zero-order valence-electron chi connectivity index (χ0n) is 14.1. The minimum absolute atomic E-state index is 0.255. The number of fused-ring (bicyclic) bond motifs is 1. The first-order valence-electron chi connectivity index (χ1n) is 8.23. The van der Waals surface area contributed by atoms with Gasteiger partial charge in [-0.25, -0.2) is 0 Å². The zero-order valence-corrected chi connectivity index (χ0v) is 14.8. The summed E-state index contributed by atoms with van der Waals surface area (Å²) in [4.78, 5) is 12.6. The van der Waals surface area contributed by atoms with E-state index in [1.165, 1.54) is 0 Å². The third-order valence-corrected chi connectivity index (χ3v) is 4.81. The molecule has 2 N–H and O–H groups in total. The number of halogens is 1. The van der Waals surface area contributed by atoms with Crippen LogP contribution in [0.4, 0.5) is 5.69 Å². The van der Waals surface area contributed by atoms with Crippen molar-refractivity contribution in [3.8, 4) is 11.3 Å². The number of hydrogen-bond acceptors (Lipinski definition) is 2. The zero-order chi connectivity index (χ0) is 18.1. The average molecular weight is 362 g/mol. The van der Waals surface area contributed by atoms with Crippen LogP contribution in [0.5, 0.6) is 0 Å². The van der Waals surface area contributed by atoms with Gasteiger partial charge in [0.2, 0.25) is 0 Å². The third kappa shape index (κ3) is 2.95. The first-order chi connectivity index (χ1) is 12.6. The van der Waals surface area contributed by atoms with Crippen molar-refractivity contribution in [2.24, 2.45) is 0 Å². The van der Waals surface area contributed by atoms with Crippen molar-refractivity contribution in [3.05, 3.63) is 83.0 Å². The molecule has 0 bridgehead atoms. The lowest BCUT2D eigenvalue weighted by Crippen LogP contribution is -2.13. The second kappa shape index (κ2) is 6.65. The van der Waals surface area contributed by atoms with Crippen LogP contribution in [0.1, 0.15) is 16.1 Å². The number of nitrogens with zero attached hydrogens (tertiary/aromatic N) is 1. The van der Waals surface area contributed by atoms with E-state index in [0.29, 0.717) is 16.4 Å². The highest BCUT2D eigenvalue weighted by molar-refractivity contribution is 6.31. The fraction of sp³-hybridized carbons (Fsp3) is 0.0476. The number of benzene rings is 3. The second-order valence-electron chi connectivity index (χ2n) is 6.06. The molecule has 0 radical (unpaired) electrons. The number of rotatable bonds is 3. The Bertz CT molecular complexity index is 1110. The van der Waals surface area contributed by atoms with E-state index >= 15 is 0 Å². The Morgan fingerprint density at radius 2 is 1.81 bits per heavy atom. The van der Waals surface area contributed by atoms with Crippen molar-refractivity contribution in [3.63, 3.8) is 0 Å². The molecule has 0 unspecified atom stereocenters. The molecule has 4 aromatic rings. The third-order valence-electron chi connectivity index (χ3n) is 4.40. The molecular weight excluding hydrogens is 346 g/mol. The van der Waals surface area contributed by atoms with Gasteiger partial charge in [0.05, 0.1) is 5.69 Å². The van der Waals surface area contributed by atoms with Gasteiger partial charge in [0.25, 0.3) is 5.91 Å². The first-order valence-corrected chi connectivity index (χ1v) is 8.61. The maximum Gasteiger partial charge on any atom is 0.273 e. The van der Waals surface area contributed by atoms with Gasteiger partial charge in [0.1, 0.15) is 5.69 Å². The van der Waals surface area contributed by atoms with Gasteiger partial charge < -0.3 is 5.32 Å². The van der Waals surface area contributed by atoms with Gasteiger partial charge in [-0.3, -0.25) is 9.89 Å². The molecule has 0 aliphatic carbocycles. The number of carbonyl (C=O) groups is 1. The molecule has 4 nitrogen and oxygen atoms in total. The Morgan fingerprint density at radius 1 is 1.04 bits per heavy atom. The monoisotopic (exact) mass is 361 g/mol. The van der Waals surface area contributed by atoms with Crippen molar-refractivity contribution in [2.75, 3.05) is 5.32 Å². The summed E-state index contributed by atoms with van der Waals surface area (Å²) in [7, 11) is 0. The van der Waals surface area contributed by atoms with E-state index in [-0.39, 0.29) is 5.91 Å². The van der Waals surface area contributed by atoms with Crippen LogP contribution in [0.2, 0.25) is 5.02 Å². The standard InChI is InChI=1S/C21H16ClN3O/c1-13-17(22)10-5-11-18(13)23-21(26)20-12-19(24-25-20)16-9-4-7-14-6-2-3-8-15(14)16/h2-12H,1H3,(H,23,26)(H,24,25). The van der Waals surface area contributed by atoms with E-state index in [1.54, 1.807) is 18.2 Å². The molecule has 0 saturated heterocycles. The Kier molecular flexibility index (Phi) is 4.19. The number of aromatic nitrogens is 2. The second-order valence-corrected chi connectivity index (χ2v) is 6.47. The fourth-order valence-electron chi connectivity index (χ4n) is 2.96. The molecule has 128 valence electrons. The van der Waals surface area contributed by atoms with Gasteiger partial charge in [-0.05, 0) is 41.5 Å². The van der Waals surface area contributed by atoms with E-state index in [9.17, 15) is 4.79 Å².